The summed E-state index contributed by atoms with van der Waals surface area (Å²) in [5, 5.41) is 24.1. The van der Waals surface area contributed by atoms with E-state index in [1.807, 2.05) is 39.0 Å². The predicted octanol–water partition coefficient (Wildman–Crippen LogP) is 3.98. The molecule has 110 valence electrons. The highest BCUT2D eigenvalue weighted by Gasteiger charge is 2.12. The standard InChI is InChI=1S/C17H20N2O2/c1-11(2)14-9-8-12(3)16(17(14)21)19-18-10-13-6-4-5-7-15(13)20/h4-11,19-21H,1-3H3/b18-10+. The topological polar surface area (TPSA) is 64.8 Å². The van der Waals surface area contributed by atoms with Crippen LogP contribution in [0, 0.1) is 6.92 Å². The highest BCUT2D eigenvalue weighted by atomic mass is 16.3. The molecule has 3 N–H and O–H groups in total. The summed E-state index contributed by atoms with van der Waals surface area (Å²) in [6.45, 7) is 5.96. The number of benzene rings is 2. The molecule has 0 heterocycles. The molecule has 2 aromatic rings. The number of anilines is 1. The van der Waals surface area contributed by atoms with Crippen molar-refractivity contribution >= 4 is 11.9 Å². The average molecular weight is 284 g/mol. The zero-order chi connectivity index (χ0) is 15.4. The Morgan fingerprint density at radius 2 is 1.81 bits per heavy atom. The lowest BCUT2D eigenvalue weighted by molar-refractivity contribution is 0.466. The number of hydrazone groups is 1. The van der Waals surface area contributed by atoms with Crippen molar-refractivity contribution in [1.29, 1.82) is 0 Å². The van der Waals surface area contributed by atoms with Crippen LogP contribution in [-0.4, -0.2) is 16.4 Å². The van der Waals surface area contributed by atoms with Gasteiger partial charge in [0, 0.05) is 5.56 Å². The molecule has 0 spiro atoms. The number of aromatic hydroxyl groups is 2. The van der Waals surface area contributed by atoms with Gasteiger partial charge in [0.1, 0.15) is 17.2 Å². The van der Waals surface area contributed by atoms with Gasteiger partial charge in [-0.15, -0.1) is 0 Å². The van der Waals surface area contributed by atoms with Gasteiger partial charge in [-0.25, -0.2) is 0 Å². The molecular weight excluding hydrogens is 264 g/mol. The fraction of sp³-hybridized carbons (Fsp3) is 0.235. The van der Waals surface area contributed by atoms with E-state index in [4.69, 9.17) is 0 Å². The van der Waals surface area contributed by atoms with Crippen molar-refractivity contribution in [1.82, 2.24) is 0 Å². The van der Waals surface area contributed by atoms with Crippen LogP contribution in [0.25, 0.3) is 0 Å². The van der Waals surface area contributed by atoms with E-state index in [1.54, 1.807) is 18.2 Å². The summed E-state index contributed by atoms with van der Waals surface area (Å²) in [6.07, 6.45) is 1.52. The molecule has 0 amide bonds. The Labute approximate surface area is 124 Å². The highest BCUT2D eigenvalue weighted by molar-refractivity contribution is 5.84. The first-order chi connectivity index (χ1) is 10.0. The molecule has 0 fully saturated rings. The predicted molar refractivity (Wildman–Crippen MR) is 86.3 cm³/mol. The molecule has 2 rings (SSSR count). The van der Waals surface area contributed by atoms with Crippen molar-refractivity contribution in [2.45, 2.75) is 26.7 Å². The summed E-state index contributed by atoms with van der Waals surface area (Å²) in [4.78, 5) is 0. The zero-order valence-electron chi connectivity index (χ0n) is 12.5. The molecule has 0 atom stereocenters. The summed E-state index contributed by atoms with van der Waals surface area (Å²) in [6, 6.07) is 10.8. The Bertz CT molecular complexity index is 664. The van der Waals surface area contributed by atoms with E-state index >= 15 is 0 Å². The van der Waals surface area contributed by atoms with E-state index in [0.29, 0.717) is 11.3 Å². The van der Waals surface area contributed by atoms with Crippen LogP contribution < -0.4 is 5.43 Å². The van der Waals surface area contributed by atoms with Gasteiger partial charge in [0.15, 0.2) is 0 Å². The van der Waals surface area contributed by atoms with Crippen LogP contribution in [0.15, 0.2) is 41.5 Å². The molecular formula is C17H20N2O2. The number of nitrogens with zero attached hydrogens (tertiary/aromatic N) is 1. The first-order valence-corrected chi connectivity index (χ1v) is 6.90. The molecule has 0 bridgehead atoms. The maximum atomic E-state index is 10.3. The minimum atomic E-state index is 0.167. The second-order valence-corrected chi connectivity index (χ2v) is 5.28. The summed E-state index contributed by atoms with van der Waals surface area (Å²) in [7, 11) is 0. The Kier molecular flexibility index (Phi) is 4.48. The third-order valence-corrected chi connectivity index (χ3v) is 3.36. The lowest BCUT2D eigenvalue weighted by Gasteiger charge is -2.14. The monoisotopic (exact) mass is 284 g/mol. The van der Waals surface area contributed by atoms with Gasteiger partial charge in [0.05, 0.1) is 6.21 Å². The van der Waals surface area contributed by atoms with E-state index in [0.717, 1.165) is 11.1 Å². The molecule has 0 aromatic heterocycles. The molecule has 4 nitrogen and oxygen atoms in total. The van der Waals surface area contributed by atoms with Gasteiger partial charge in [0.25, 0.3) is 0 Å². The largest absolute Gasteiger partial charge is 0.507 e. The molecule has 0 aliphatic heterocycles. The maximum Gasteiger partial charge on any atom is 0.144 e. The molecule has 21 heavy (non-hydrogen) atoms. The number of phenols is 2. The Morgan fingerprint density at radius 1 is 1.10 bits per heavy atom. The number of aryl methyl sites for hydroxylation is 1. The van der Waals surface area contributed by atoms with Crippen LogP contribution in [-0.2, 0) is 0 Å². The normalized spacial score (nSPS) is 11.2. The van der Waals surface area contributed by atoms with Crippen molar-refractivity contribution in [2.75, 3.05) is 5.43 Å². The number of para-hydroxylation sites is 1. The summed E-state index contributed by atoms with van der Waals surface area (Å²) >= 11 is 0. The van der Waals surface area contributed by atoms with E-state index in [-0.39, 0.29) is 17.4 Å². The first kappa shape index (κ1) is 14.9. The van der Waals surface area contributed by atoms with Crippen LogP contribution in [0.1, 0.15) is 36.5 Å². The van der Waals surface area contributed by atoms with Crippen molar-refractivity contribution in [3.05, 3.63) is 53.1 Å². The minimum Gasteiger partial charge on any atom is -0.507 e. The van der Waals surface area contributed by atoms with Gasteiger partial charge in [-0.3, -0.25) is 5.43 Å². The van der Waals surface area contributed by atoms with E-state index < -0.39 is 0 Å². The van der Waals surface area contributed by atoms with Crippen molar-refractivity contribution < 1.29 is 10.2 Å². The quantitative estimate of drug-likeness (QED) is 0.452. The van der Waals surface area contributed by atoms with Crippen LogP contribution in [0.2, 0.25) is 0 Å². The van der Waals surface area contributed by atoms with E-state index in [9.17, 15) is 10.2 Å². The number of nitrogens with one attached hydrogen (secondary N) is 1. The highest BCUT2D eigenvalue weighted by Crippen LogP contribution is 2.35. The minimum absolute atomic E-state index is 0.167. The van der Waals surface area contributed by atoms with Gasteiger partial charge >= 0.3 is 0 Å². The molecule has 0 saturated heterocycles. The first-order valence-electron chi connectivity index (χ1n) is 6.90. The van der Waals surface area contributed by atoms with Crippen molar-refractivity contribution in [3.8, 4) is 11.5 Å². The van der Waals surface area contributed by atoms with Crippen molar-refractivity contribution in [2.24, 2.45) is 5.10 Å². The van der Waals surface area contributed by atoms with Gasteiger partial charge in [-0.2, -0.15) is 5.10 Å². The number of hydrogen-bond donors (Lipinski definition) is 3. The zero-order valence-corrected chi connectivity index (χ0v) is 12.5. The maximum absolute atomic E-state index is 10.3. The SMILES string of the molecule is Cc1ccc(C(C)C)c(O)c1N/N=C/c1ccccc1O. The molecule has 0 unspecified atom stereocenters. The smallest absolute Gasteiger partial charge is 0.144 e. The molecule has 0 saturated carbocycles. The molecule has 0 aliphatic rings. The summed E-state index contributed by atoms with van der Waals surface area (Å²) in [5.74, 6) is 0.618. The van der Waals surface area contributed by atoms with Gasteiger partial charge in [0.2, 0.25) is 0 Å². The third-order valence-electron chi connectivity index (χ3n) is 3.36. The van der Waals surface area contributed by atoms with Crippen LogP contribution >= 0.6 is 0 Å². The number of hydrogen-bond acceptors (Lipinski definition) is 4. The van der Waals surface area contributed by atoms with E-state index in [2.05, 4.69) is 10.5 Å². The lowest BCUT2D eigenvalue weighted by Crippen LogP contribution is -1.98. The fourth-order valence-electron chi connectivity index (χ4n) is 2.08. The van der Waals surface area contributed by atoms with Crippen LogP contribution in [0.3, 0.4) is 0 Å². The Morgan fingerprint density at radius 3 is 2.48 bits per heavy atom. The van der Waals surface area contributed by atoms with Crippen molar-refractivity contribution in [3.63, 3.8) is 0 Å². The fourth-order valence-corrected chi connectivity index (χ4v) is 2.08. The third kappa shape index (κ3) is 3.34. The molecule has 0 radical (unpaired) electrons. The average Bonchev–Trinajstić information content (AvgIpc) is 2.44. The van der Waals surface area contributed by atoms with Gasteiger partial charge in [-0.05, 0) is 36.1 Å². The van der Waals surface area contributed by atoms with E-state index in [1.165, 1.54) is 6.21 Å². The Hall–Kier alpha value is -2.49. The molecule has 2 aromatic carbocycles. The number of phenolic OH excluding ortho intramolecular Hbond substituents is 2. The van der Waals surface area contributed by atoms with Crippen LogP contribution in [0.5, 0.6) is 11.5 Å². The molecule has 4 heteroatoms. The molecule has 0 aliphatic carbocycles. The second-order valence-electron chi connectivity index (χ2n) is 5.28. The summed E-state index contributed by atoms with van der Waals surface area (Å²) < 4.78 is 0. The summed E-state index contributed by atoms with van der Waals surface area (Å²) in [5.41, 5.74) is 5.85. The van der Waals surface area contributed by atoms with Gasteiger partial charge < -0.3 is 10.2 Å². The Balaban J connectivity index is 2.24. The van der Waals surface area contributed by atoms with Gasteiger partial charge in [-0.1, -0.05) is 38.1 Å². The lowest BCUT2D eigenvalue weighted by atomic mass is 9.99. The second kappa shape index (κ2) is 6.31. The van der Waals surface area contributed by atoms with Crippen LogP contribution in [0.4, 0.5) is 5.69 Å². The number of rotatable bonds is 4.